The summed E-state index contributed by atoms with van der Waals surface area (Å²) in [4.78, 5) is 29.2. The fourth-order valence-corrected chi connectivity index (χ4v) is 4.96. The highest BCUT2D eigenvalue weighted by Gasteiger charge is 2.31. The van der Waals surface area contributed by atoms with Gasteiger partial charge in [-0.05, 0) is 43.5 Å². The number of benzene rings is 2. The number of hydrogen-bond donors (Lipinski definition) is 1. The predicted octanol–water partition coefficient (Wildman–Crippen LogP) is 4.92. The minimum Gasteiger partial charge on any atom is -0.352 e. The number of hydrogen-bond acceptors (Lipinski definition) is 3. The Morgan fingerprint density at radius 1 is 1.10 bits per heavy atom. The molecular formula is C24H26N2O2S. The van der Waals surface area contributed by atoms with E-state index in [0.717, 1.165) is 41.8 Å². The SMILES string of the molecule is Cc1ccc(/C=C2/Sc3ccccc3N(CC(=O)NC3CCCCC3)C2=O)cc1. The molecule has 0 radical (unpaired) electrons. The molecule has 150 valence electrons. The van der Waals surface area contributed by atoms with Gasteiger partial charge in [0.25, 0.3) is 5.91 Å². The Balaban J connectivity index is 1.57. The smallest absolute Gasteiger partial charge is 0.265 e. The number of nitrogens with zero attached hydrogens (tertiary/aromatic N) is 1. The molecule has 0 saturated heterocycles. The number of amides is 2. The third-order valence-corrected chi connectivity index (χ3v) is 6.56. The molecule has 2 aliphatic rings. The van der Waals surface area contributed by atoms with Crippen molar-refractivity contribution in [3.05, 3.63) is 64.6 Å². The molecule has 1 fully saturated rings. The Labute approximate surface area is 176 Å². The average Bonchev–Trinajstić information content (AvgIpc) is 2.73. The summed E-state index contributed by atoms with van der Waals surface area (Å²) in [7, 11) is 0. The van der Waals surface area contributed by atoms with E-state index in [0.29, 0.717) is 4.91 Å². The van der Waals surface area contributed by atoms with Crippen LogP contribution in [0.1, 0.15) is 43.2 Å². The standard InChI is InChI=1S/C24H26N2O2S/c1-17-11-13-18(14-12-17)15-22-24(28)26(20-9-5-6-10-21(20)29-22)16-23(27)25-19-7-3-2-4-8-19/h5-6,9-15,19H,2-4,7-8,16H2,1H3,(H,25,27)/b22-15+. The van der Waals surface area contributed by atoms with E-state index in [9.17, 15) is 9.59 Å². The van der Waals surface area contributed by atoms with E-state index in [2.05, 4.69) is 5.32 Å². The maximum absolute atomic E-state index is 13.2. The van der Waals surface area contributed by atoms with Crippen molar-refractivity contribution in [2.24, 2.45) is 0 Å². The molecule has 1 aliphatic carbocycles. The van der Waals surface area contributed by atoms with Crippen LogP contribution in [0, 0.1) is 6.92 Å². The van der Waals surface area contributed by atoms with Crippen molar-refractivity contribution in [1.82, 2.24) is 5.32 Å². The lowest BCUT2D eigenvalue weighted by Gasteiger charge is -2.31. The number of thioether (sulfide) groups is 1. The van der Waals surface area contributed by atoms with E-state index in [1.165, 1.54) is 23.7 Å². The molecule has 0 spiro atoms. The zero-order chi connectivity index (χ0) is 20.2. The van der Waals surface area contributed by atoms with E-state index in [-0.39, 0.29) is 24.4 Å². The summed E-state index contributed by atoms with van der Waals surface area (Å²) < 4.78 is 0. The van der Waals surface area contributed by atoms with Crippen LogP contribution in [0.4, 0.5) is 5.69 Å². The lowest BCUT2D eigenvalue weighted by molar-refractivity contribution is -0.123. The summed E-state index contributed by atoms with van der Waals surface area (Å²) >= 11 is 1.47. The number of anilines is 1. The highest BCUT2D eigenvalue weighted by Crippen LogP contribution is 2.41. The highest BCUT2D eigenvalue weighted by atomic mass is 32.2. The van der Waals surface area contributed by atoms with E-state index < -0.39 is 0 Å². The molecule has 4 rings (SSSR count). The summed E-state index contributed by atoms with van der Waals surface area (Å²) in [5.74, 6) is -0.199. The summed E-state index contributed by atoms with van der Waals surface area (Å²) in [5, 5.41) is 3.13. The third-order valence-electron chi connectivity index (χ3n) is 5.48. The van der Waals surface area contributed by atoms with Crippen molar-refractivity contribution >= 4 is 35.3 Å². The number of para-hydroxylation sites is 1. The molecule has 1 heterocycles. The number of carbonyl (C=O) groups is 2. The van der Waals surface area contributed by atoms with Gasteiger partial charge >= 0.3 is 0 Å². The van der Waals surface area contributed by atoms with Gasteiger partial charge in [0.15, 0.2) is 0 Å². The largest absolute Gasteiger partial charge is 0.352 e. The molecule has 0 unspecified atom stereocenters. The topological polar surface area (TPSA) is 49.4 Å². The molecule has 2 aromatic rings. The van der Waals surface area contributed by atoms with E-state index in [1.54, 1.807) is 4.90 Å². The summed E-state index contributed by atoms with van der Waals surface area (Å²) in [6, 6.07) is 16.1. The Morgan fingerprint density at radius 2 is 1.83 bits per heavy atom. The lowest BCUT2D eigenvalue weighted by atomic mass is 9.95. The molecule has 5 heteroatoms. The van der Waals surface area contributed by atoms with Crippen molar-refractivity contribution in [3.8, 4) is 0 Å². The van der Waals surface area contributed by atoms with Crippen LogP contribution in [-0.2, 0) is 9.59 Å². The van der Waals surface area contributed by atoms with Crippen LogP contribution in [-0.4, -0.2) is 24.4 Å². The first-order valence-electron chi connectivity index (χ1n) is 10.3. The molecule has 1 N–H and O–H groups in total. The number of carbonyl (C=O) groups excluding carboxylic acids is 2. The minimum atomic E-state index is -0.118. The fraction of sp³-hybridized carbons (Fsp3) is 0.333. The quantitative estimate of drug-likeness (QED) is 0.733. The van der Waals surface area contributed by atoms with Crippen LogP contribution in [0.15, 0.2) is 58.3 Å². The third kappa shape index (κ3) is 4.73. The van der Waals surface area contributed by atoms with Crippen molar-refractivity contribution in [1.29, 1.82) is 0 Å². The summed E-state index contributed by atoms with van der Waals surface area (Å²) in [6.45, 7) is 2.10. The molecule has 29 heavy (non-hydrogen) atoms. The second-order valence-corrected chi connectivity index (χ2v) is 8.87. The van der Waals surface area contributed by atoms with Gasteiger partial charge in [0, 0.05) is 10.9 Å². The molecule has 4 nitrogen and oxygen atoms in total. The van der Waals surface area contributed by atoms with Crippen LogP contribution in [0.2, 0.25) is 0 Å². The predicted molar refractivity (Wildman–Crippen MR) is 119 cm³/mol. The average molecular weight is 407 g/mol. The van der Waals surface area contributed by atoms with Gasteiger partial charge in [-0.2, -0.15) is 0 Å². The molecular weight excluding hydrogens is 380 g/mol. The van der Waals surface area contributed by atoms with Crippen molar-refractivity contribution in [2.45, 2.75) is 50.0 Å². The van der Waals surface area contributed by atoms with Crippen LogP contribution < -0.4 is 10.2 Å². The van der Waals surface area contributed by atoms with Gasteiger partial charge in [-0.15, -0.1) is 0 Å². The van der Waals surface area contributed by atoms with Gasteiger partial charge in [-0.25, -0.2) is 0 Å². The molecule has 0 atom stereocenters. The normalized spacial score (nSPS) is 18.6. The zero-order valence-electron chi connectivity index (χ0n) is 16.7. The number of nitrogens with one attached hydrogen (secondary N) is 1. The molecule has 0 bridgehead atoms. The fourth-order valence-electron chi connectivity index (χ4n) is 3.90. The second-order valence-electron chi connectivity index (χ2n) is 7.78. The number of aryl methyl sites for hydroxylation is 1. The van der Waals surface area contributed by atoms with Gasteiger partial charge < -0.3 is 5.32 Å². The maximum atomic E-state index is 13.2. The zero-order valence-corrected chi connectivity index (χ0v) is 17.5. The Hall–Kier alpha value is -2.53. The van der Waals surface area contributed by atoms with Crippen LogP contribution in [0.3, 0.4) is 0 Å². The minimum absolute atomic E-state index is 0.0537. The van der Waals surface area contributed by atoms with Gasteiger partial charge in [0.1, 0.15) is 6.54 Å². The molecule has 0 aromatic heterocycles. The first kappa shape index (κ1) is 19.8. The molecule has 2 aromatic carbocycles. The monoisotopic (exact) mass is 406 g/mol. The van der Waals surface area contributed by atoms with Crippen LogP contribution >= 0.6 is 11.8 Å². The van der Waals surface area contributed by atoms with Crippen molar-refractivity contribution < 1.29 is 9.59 Å². The first-order valence-corrected chi connectivity index (χ1v) is 11.1. The summed E-state index contributed by atoms with van der Waals surface area (Å²) in [6.07, 6.45) is 7.55. The van der Waals surface area contributed by atoms with Gasteiger partial charge in [0.05, 0.1) is 10.6 Å². The Bertz CT molecular complexity index is 930. The van der Waals surface area contributed by atoms with E-state index in [4.69, 9.17) is 0 Å². The van der Waals surface area contributed by atoms with Gasteiger partial charge in [-0.1, -0.05) is 73.0 Å². The lowest BCUT2D eigenvalue weighted by Crippen LogP contribution is -2.46. The van der Waals surface area contributed by atoms with E-state index in [1.807, 2.05) is 61.5 Å². The Morgan fingerprint density at radius 3 is 2.59 bits per heavy atom. The van der Waals surface area contributed by atoms with Gasteiger partial charge in [0.2, 0.25) is 5.91 Å². The summed E-state index contributed by atoms with van der Waals surface area (Å²) in [5.41, 5.74) is 2.97. The van der Waals surface area contributed by atoms with E-state index >= 15 is 0 Å². The van der Waals surface area contributed by atoms with Crippen molar-refractivity contribution in [2.75, 3.05) is 11.4 Å². The van der Waals surface area contributed by atoms with Gasteiger partial charge in [-0.3, -0.25) is 14.5 Å². The Kier molecular flexibility index (Phi) is 6.05. The van der Waals surface area contributed by atoms with Crippen molar-refractivity contribution in [3.63, 3.8) is 0 Å². The second kappa shape index (κ2) is 8.87. The molecule has 1 saturated carbocycles. The number of rotatable bonds is 4. The highest BCUT2D eigenvalue weighted by molar-refractivity contribution is 8.04. The number of fused-ring (bicyclic) bond motifs is 1. The molecule has 1 aliphatic heterocycles. The van der Waals surface area contributed by atoms with Crippen LogP contribution in [0.5, 0.6) is 0 Å². The first-order chi connectivity index (χ1) is 14.1. The van der Waals surface area contributed by atoms with Crippen LogP contribution in [0.25, 0.3) is 6.08 Å². The maximum Gasteiger partial charge on any atom is 0.265 e. The molecule has 2 amide bonds.